The summed E-state index contributed by atoms with van der Waals surface area (Å²) in [4.78, 5) is 23.8. The monoisotopic (exact) mass is 494 g/mol. The SMILES string of the molecule is COC(=O)c1ccc(N/C(=C(/Nc2ccc(C(=O)OC)cc2O)c2ccccc2)c2ccccc2)cc1. The lowest BCUT2D eigenvalue weighted by atomic mass is 10.0. The highest BCUT2D eigenvalue weighted by atomic mass is 16.5. The Hall–Kier alpha value is -5.04. The largest absolute Gasteiger partial charge is 0.506 e. The average molecular weight is 495 g/mol. The lowest BCUT2D eigenvalue weighted by Crippen LogP contribution is -2.10. The van der Waals surface area contributed by atoms with Crippen LogP contribution in [0.2, 0.25) is 0 Å². The number of aromatic hydroxyl groups is 1. The first-order chi connectivity index (χ1) is 18.0. The zero-order chi connectivity index (χ0) is 26.2. The highest BCUT2D eigenvalue weighted by Gasteiger charge is 2.16. The van der Waals surface area contributed by atoms with Crippen LogP contribution in [0.5, 0.6) is 5.75 Å². The van der Waals surface area contributed by atoms with Gasteiger partial charge in [0.2, 0.25) is 0 Å². The van der Waals surface area contributed by atoms with Gasteiger partial charge in [0.15, 0.2) is 0 Å². The van der Waals surface area contributed by atoms with Crippen molar-refractivity contribution >= 4 is 34.7 Å². The zero-order valence-corrected chi connectivity index (χ0v) is 20.4. The van der Waals surface area contributed by atoms with Gasteiger partial charge in [0.25, 0.3) is 0 Å². The van der Waals surface area contributed by atoms with Gasteiger partial charge in [0.1, 0.15) is 5.75 Å². The Morgan fingerprint density at radius 3 is 1.59 bits per heavy atom. The fourth-order valence-electron chi connectivity index (χ4n) is 3.74. The van der Waals surface area contributed by atoms with Crippen molar-refractivity contribution in [1.82, 2.24) is 0 Å². The van der Waals surface area contributed by atoms with Gasteiger partial charge in [-0.2, -0.15) is 0 Å². The molecule has 4 aromatic rings. The number of hydrogen-bond acceptors (Lipinski definition) is 7. The molecule has 0 bridgehead atoms. The number of benzene rings is 4. The second-order valence-corrected chi connectivity index (χ2v) is 8.02. The van der Waals surface area contributed by atoms with Crippen LogP contribution in [0.25, 0.3) is 11.4 Å². The Balaban J connectivity index is 1.83. The predicted octanol–water partition coefficient (Wildman–Crippen LogP) is 6.02. The second kappa shape index (κ2) is 11.6. The number of phenolic OH excluding ortho intramolecular Hbond substituents is 1. The summed E-state index contributed by atoms with van der Waals surface area (Å²) in [6.07, 6.45) is 0. The molecule has 0 aromatic heterocycles. The lowest BCUT2D eigenvalue weighted by Gasteiger charge is -2.21. The molecule has 0 atom stereocenters. The molecule has 186 valence electrons. The molecular weight excluding hydrogens is 468 g/mol. The summed E-state index contributed by atoms with van der Waals surface area (Å²) < 4.78 is 9.55. The molecule has 0 unspecified atom stereocenters. The van der Waals surface area contributed by atoms with Crippen LogP contribution in [-0.2, 0) is 9.47 Å². The summed E-state index contributed by atoms with van der Waals surface area (Å²) in [5, 5.41) is 17.5. The number of nitrogens with one attached hydrogen (secondary N) is 2. The molecule has 4 rings (SSSR count). The van der Waals surface area contributed by atoms with E-state index in [1.54, 1.807) is 36.4 Å². The maximum atomic E-state index is 11.9. The standard InChI is InChI=1S/C30H26N2O5/c1-36-29(34)22-13-16-24(17-14-22)31-27(20-9-5-3-6-10-20)28(21-11-7-4-8-12-21)32-25-18-15-23(19-26(25)33)30(35)37-2/h3-19,31-33H,1-2H3/b28-27+. The van der Waals surface area contributed by atoms with E-state index in [0.29, 0.717) is 16.9 Å². The number of anilines is 2. The summed E-state index contributed by atoms with van der Waals surface area (Å²) in [6.45, 7) is 0. The van der Waals surface area contributed by atoms with Crippen molar-refractivity contribution in [3.8, 4) is 5.75 Å². The molecule has 0 amide bonds. The van der Waals surface area contributed by atoms with E-state index in [4.69, 9.17) is 9.47 Å². The minimum Gasteiger partial charge on any atom is -0.506 e. The maximum absolute atomic E-state index is 11.9. The van der Waals surface area contributed by atoms with E-state index in [9.17, 15) is 14.7 Å². The van der Waals surface area contributed by atoms with Crippen LogP contribution in [-0.4, -0.2) is 31.3 Å². The van der Waals surface area contributed by atoms with Gasteiger partial charge in [-0.15, -0.1) is 0 Å². The van der Waals surface area contributed by atoms with Gasteiger partial charge >= 0.3 is 11.9 Å². The lowest BCUT2D eigenvalue weighted by molar-refractivity contribution is 0.0591. The average Bonchev–Trinajstić information content (AvgIpc) is 2.96. The quantitative estimate of drug-likeness (QED) is 0.157. The summed E-state index contributed by atoms with van der Waals surface area (Å²) in [6, 6.07) is 30.9. The number of ether oxygens (including phenoxy) is 2. The van der Waals surface area contributed by atoms with Crippen molar-refractivity contribution in [2.45, 2.75) is 0 Å². The Bertz CT molecular complexity index is 1420. The number of phenols is 1. The van der Waals surface area contributed by atoms with E-state index < -0.39 is 11.9 Å². The number of carbonyl (C=O) groups is 2. The van der Waals surface area contributed by atoms with Crippen molar-refractivity contribution in [2.75, 3.05) is 24.9 Å². The van der Waals surface area contributed by atoms with Crippen LogP contribution in [0.15, 0.2) is 103 Å². The molecule has 0 aliphatic heterocycles. The third-order valence-electron chi connectivity index (χ3n) is 5.63. The van der Waals surface area contributed by atoms with Crippen molar-refractivity contribution in [1.29, 1.82) is 0 Å². The minimum atomic E-state index is -0.539. The van der Waals surface area contributed by atoms with E-state index in [2.05, 4.69) is 10.6 Å². The Kier molecular flexibility index (Phi) is 7.85. The molecule has 0 saturated carbocycles. The maximum Gasteiger partial charge on any atom is 0.337 e. The van der Waals surface area contributed by atoms with E-state index in [1.165, 1.54) is 20.3 Å². The number of methoxy groups -OCH3 is 2. The minimum absolute atomic E-state index is 0.105. The summed E-state index contributed by atoms with van der Waals surface area (Å²) in [7, 11) is 2.63. The van der Waals surface area contributed by atoms with Gasteiger partial charge in [-0.05, 0) is 42.5 Å². The topological polar surface area (TPSA) is 96.9 Å². The molecule has 0 aliphatic rings. The first kappa shape index (κ1) is 25.1. The molecule has 0 fully saturated rings. The van der Waals surface area contributed by atoms with Gasteiger partial charge < -0.3 is 25.2 Å². The summed E-state index contributed by atoms with van der Waals surface area (Å²) >= 11 is 0. The van der Waals surface area contributed by atoms with Crippen LogP contribution in [0.1, 0.15) is 31.8 Å². The molecule has 0 spiro atoms. The first-order valence-corrected chi connectivity index (χ1v) is 11.5. The van der Waals surface area contributed by atoms with Crippen molar-refractivity contribution in [2.24, 2.45) is 0 Å². The van der Waals surface area contributed by atoms with Crippen LogP contribution in [0.3, 0.4) is 0 Å². The molecule has 3 N–H and O–H groups in total. The number of rotatable bonds is 8. The van der Waals surface area contributed by atoms with Crippen molar-refractivity contribution in [3.63, 3.8) is 0 Å². The third kappa shape index (κ3) is 5.97. The molecule has 0 aliphatic carbocycles. The van der Waals surface area contributed by atoms with E-state index >= 15 is 0 Å². The molecule has 4 aromatic carbocycles. The molecular formula is C30H26N2O5. The van der Waals surface area contributed by atoms with Crippen LogP contribution in [0, 0.1) is 0 Å². The van der Waals surface area contributed by atoms with Crippen molar-refractivity contribution < 1.29 is 24.2 Å². The van der Waals surface area contributed by atoms with Gasteiger partial charge in [-0.1, -0.05) is 60.7 Å². The molecule has 7 nitrogen and oxygen atoms in total. The zero-order valence-electron chi connectivity index (χ0n) is 20.4. The van der Waals surface area contributed by atoms with E-state index in [0.717, 1.165) is 22.5 Å². The smallest absolute Gasteiger partial charge is 0.337 e. The highest BCUT2D eigenvalue weighted by molar-refractivity contribution is 6.01. The normalized spacial score (nSPS) is 11.2. The fourth-order valence-corrected chi connectivity index (χ4v) is 3.74. The molecule has 0 saturated heterocycles. The van der Waals surface area contributed by atoms with Gasteiger partial charge in [-0.3, -0.25) is 0 Å². The van der Waals surface area contributed by atoms with Crippen LogP contribution in [0.4, 0.5) is 11.4 Å². The fraction of sp³-hybridized carbons (Fsp3) is 0.0667. The molecule has 0 heterocycles. The second-order valence-electron chi connectivity index (χ2n) is 8.02. The predicted molar refractivity (Wildman–Crippen MR) is 144 cm³/mol. The molecule has 7 heteroatoms. The van der Waals surface area contributed by atoms with Gasteiger partial charge in [-0.25, -0.2) is 9.59 Å². The van der Waals surface area contributed by atoms with Gasteiger partial charge in [0, 0.05) is 16.8 Å². The highest BCUT2D eigenvalue weighted by Crippen LogP contribution is 2.33. The van der Waals surface area contributed by atoms with Crippen molar-refractivity contribution in [3.05, 3.63) is 125 Å². The summed E-state index contributed by atoms with van der Waals surface area (Å²) in [5.41, 5.74) is 4.99. The number of hydrogen-bond donors (Lipinski definition) is 3. The Morgan fingerprint density at radius 1 is 0.595 bits per heavy atom. The van der Waals surface area contributed by atoms with E-state index in [-0.39, 0.29) is 11.3 Å². The number of esters is 2. The Labute approximate surface area is 215 Å². The van der Waals surface area contributed by atoms with Gasteiger partial charge in [0.05, 0.1) is 42.4 Å². The van der Waals surface area contributed by atoms with Crippen LogP contribution < -0.4 is 10.6 Å². The van der Waals surface area contributed by atoms with E-state index in [1.807, 2.05) is 60.7 Å². The summed E-state index contributed by atoms with van der Waals surface area (Å²) in [5.74, 6) is -1.06. The Morgan fingerprint density at radius 2 is 1.08 bits per heavy atom. The third-order valence-corrected chi connectivity index (χ3v) is 5.63. The molecule has 0 radical (unpaired) electrons. The molecule has 37 heavy (non-hydrogen) atoms. The number of carbonyl (C=O) groups excluding carboxylic acids is 2. The first-order valence-electron chi connectivity index (χ1n) is 11.5. The van der Waals surface area contributed by atoms with Crippen LogP contribution >= 0.6 is 0 Å².